The van der Waals surface area contributed by atoms with E-state index in [0.29, 0.717) is 34.7 Å². The maximum Gasteiger partial charge on any atom is 0.258 e. The Kier molecular flexibility index (Phi) is 4.73. The van der Waals surface area contributed by atoms with Gasteiger partial charge in [0, 0.05) is 12.6 Å². The maximum absolute atomic E-state index is 14.1. The predicted molar refractivity (Wildman–Crippen MR) is 114 cm³/mol. The van der Waals surface area contributed by atoms with Crippen LogP contribution in [0.5, 0.6) is 11.6 Å². The van der Waals surface area contributed by atoms with Gasteiger partial charge in [-0.3, -0.25) is 4.68 Å². The van der Waals surface area contributed by atoms with Gasteiger partial charge in [0.25, 0.3) is 5.88 Å². The van der Waals surface area contributed by atoms with Gasteiger partial charge in [0.05, 0.1) is 23.1 Å². The van der Waals surface area contributed by atoms with Crippen molar-refractivity contribution in [3.63, 3.8) is 0 Å². The van der Waals surface area contributed by atoms with Gasteiger partial charge in [0.2, 0.25) is 0 Å². The minimum Gasteiger partial charge on any atom is -0.487 e. The Morgan fingerprint density at radius 2 is 2.12 bits per heavy atom. The summed E-state index contributed by atoms with van der Waals surface area (Å²) in [4.78, 5) is 8.79. The number of hydrogen-bond donors (Lipinski definition) is 1. The summed E-state index contributed by atoms with van der Waals surface area (Å²) in [6.45, 7) is 1.79. The predicted octanol–water partition coefficient (Wildman–Crippen LogP) is 3.86. The zero-order valence-electron chi connectivity index (χ0n) is 17.9. The molecule has 0 unspecified atom stereocenters. The molecule has 1 aliphatic heterocycles. The number of ether oxygens (including phenoxy) is 2. The second-order valence-corrected chi connectivity index (χ2v) is 8.43. The molecule has 2 bridgehead atoms. The number of nitriles is 1. The molecule has 2 N–H and O–H groups in total. The summed E-state index contributed by atoms with van der Waals surface area (Å²) >= 11 is 0. The number of halogens is 1. The molecule has 2 aromatic heterocycles. The number of hydrogen-bond acceptors (Lipinski definition) is 7. The smallest absolute Gasteiger partial charge is 0.258 e. The summed E-state index contributed by atoms with van der Waals surface area (Å²) in [6.07, 6.45) is 5.13. The van der Waals surface area contributed by atoms with Crippen LogP contribution in [-0.2, 0) is 13.5 Å². The molecule has 0 saturated heterocycles. The Morgan fingerprint density at radius 3 is 2.88 bits per heavy atom. The average Bonchev–Trinajstić information content (AvgIpc) is 3.45. The first-order valence-electron chi connectivity index (χ1n) is 10.6. The number of benzene rings is 1. The van der Waals surface area contributed by atoms with E-state index in [0.717, 1.165) is 31.4 Å². The largest absolute Gasteiger partial charge is 0.487 e. The van der Waals surface area contributed by atoms with Crippen molar-refractivity contribution in [2.75, 3.05) is 5.73 Å². The first-order chi connectivity index (χ1) is 15.4. The molecule has 0 radical (unpaired) electrons. The van der Waals surface area contributed by atoms with E-state index >= 15 is 0 Å². The van der Waals surface area contributed by atoms with E-state index in [-0.39, 0.29) is 23.1 Å². The molecule has 1 aromatic carbocycles. The number of nitrogens with two attached hydrogens (primary N) is 1. The topological polar surface area (TPSA) is 112 Å². The minimum atomic E-state index is -0.588. The molecular weight excluding hydrogens is 411 g/mol. The SMILES string of the molecule is C[C@H]1Oc2nc(cnc2N)-c2c(nn(C)c2C#N)CCCC2(CC2)Oc2ccc(F)cc21. The second kappa shape index (κ2) is 7.48. The minimum absolute atomic E-state index is 0.106. The van der Waals surface area contributed by atoms with Crippen LogP contribution in [0.4, 0.5) is 10.2 Å². The summed E-state index contributed by atoms with van der Waals surface area (Å²) in [5.74, 6) is 0.443. The van der Waals surface area contributed by atoms with E-state index in [2.05, 4.69) is 21.1 Å². The first-order valence-corrected chi connectivity index (χ1v) is 10.6. The quantitative estimate of drug-likeness (QED) is 0.572. The molecule has 9 heteroatoms. The van der Waals surface area contributed by atoms with Gasteiger partial charge < -0.3 is 15.2 Å². The molecule has 1 aliphatic carbocycles. The van der Waals surface area contributed by atoms with Gasteiger partial charge in [-0.15, -0.1) is 0 Å². The van der Waals surface area contributed by atoms with E-state index in [9.17, 15) is 9.65 Å². The Balaban J connectivity index is 1.65. The molecular formula is C23H23FN6O2. The van der Waals surface area contributed by atoms with Crippen LogP contribution in [0.1, 0.15) is 55.7 Å². The lowest BCUT2D eigenvalue weighted by molar-refractivity contribution is 0.152. The van der Waals surface area contributed by atoms with Gasteiger partial charge in [0.1, 0.15) is 35.0 Å². The Morgan fingerprint density at radius 1 is 1.31 bits per heavy atom. The van der Waals surface area contributed by atoms with Crippen molar-refractivity contribution in [2.45, 2.75) is 50.7 Å². The van der Waals surface area contributed by atoms with E-state index in [1.807, 2.05) is 0 Å². The van der Waals surface area contributed by atoms with E-state index < -0.39 is 6.10 Å². The van der Waals surface area contributed by atoms with Crippen molar-refractivity contribution in [3.05, 3.63) is 47.2 Å². The van der Waals surface area contributed by atoms with Crippen molar-refractivity contribution in [1.29, 1.82) is 5.26 Å². The van der Waals surface area contributed by atoms with Crippen LogP contribution < -0.4 is 15.2 Å². The van der Waals surface area contributed by atoms with Gasteiger partial charge >= 0.3 is 0 Å². The highest BCUT2D eigenvalue weighted by molar-refractivity contribution is 5.69. The summed E-state index contributed by atoms with van der Waals surface area (Å²) < 4.78 is 28.1. The highest BCUT2D eigenvalue weighted by atomic mass is 19.1. The fourth-order valence-electron chi connectivity index (χ4n) is 4.26. The fourth-order valence-corrected chi connectivity index (χ4v) is 4.26. The van der Waals surface area contributed by atoms with Gasteiger partial charge in [-0.25, -0.2) is 14.4 Å². The molecule has 5 rings (SSSR count). The molecule has 1 saturated carbocycles. The van der Waals surface area contributed by atoms with Crippen molar-refractivity contribution in [3.8, 4) is 29.0 Å². The third kappa shape index (κ3) is 3.51. The molecule has 1 fully saturated rings. The summed E-state index contributed by atoms with van der Waals surface area (Å²) in [7, 11) is 1.74. The molecule has 3 heterocycles. The Hall–Kier alpha value is -3.67. The lowest BCUT2D eigenvalue weighted by atomic mass is 10.0. The van der Waals surface area contributed by atoms with Gasteiger partial charge in [0.15, 0.2) is 5.82 Å². The zero-order chi connectivity index (χ0) is 22.5. The van der Waals surface area contributed by atoms with Crippen LogP contribution in [0.2, 0.25) is 0 Å². The standard InChI is InChI=1S/C23H23FN6O2/c1-13-15-10-14(24)5-6-19(15)32-23(8-9-23)7-3-4-16-20(18(11-25)30(2)29-16)17-12-27-21(26)22(28-17)31-13/h5-6,10,12-13H,3-4,7-9H2,1-2H3,(H2,26,27)/t13-/m1/s1. The van der Waals surface area contributed by atoms with Crippen LogP contribution >= 0.6 is 0 Å². The molecule has 0 amide bonds. The van der Waals surface area contributed by atoms with E-state index in [1.165, 1.54) is 18.3 Å². The summed E-state index contributed by atoms with van der Waals surface area (Å²) in [6, 6.07) is 6.67. The summed E-state index contributed by atoms with van der Waals surface area (Å²) in [5, 5.41) is 14.3. The number of anilines is 1. The number of rotatable bonds is 0. The fraction of sp³-hybridized carbons (Fsp3) is 0.391. The van der Waals surface area contributed by atoms with Crippen LogP contribution in [0, 0.1) is 17.1 Å². The third-order valence-corrected chi connectivity index (χ3v) is 6.13. The van der Waals surface area contributed by atoms with Crippen LogP contribution in [-0.4, -0.2) is 25.3 Å². The molecule has 8 nitrogen and oxygen atoms in total. The molecule has 1 spiro atoms. The summed E-state index contributed by atoms with van der Waals surface area (Å²) in [5.41, 5.74) is 8.63. The number of nitrogens with zero attached hydrogens (tertiary/aromatic N) is 5. The van der Waals surface area contributed by atoms with E-state index in [1.54, 1.807) is 24.7 Å². The monoisotopic (exact) mass is 434 g/mol. The number of aryl methyl sites for hydroxylation is 2. The highest BCUT2D eigenvalue weighted by Crippen LogP contribution is 2.46. The van der Waals surface area contributed by atoms with Gasteiger partial charge in [-0.1, -0.05) is 0 Å². The third-order valence-electron chi connectivity index (χ3n) is 6.13. The highest BCUT2D eigenvalue weighted by Gasteiger charge is 2.45. The van der Waals surface area contributed by atoms with Crippen LogP contribution in [0.3, 0.4) is 0 Å². The lowest BCUT2D eigenvalue weighted by Gasteiger charge is -2.24. The molecule has 32 heavy (non-hydrogen) atoms. The van der Waals surface area contributed by atoms with Crippen LogP contribution in [0.25, 0.3) is 11.3 Å². The molecule has 164 valence electrons. The van der Waals surface area contributed by atoms with Crippen molar-refractivity contribution in [2.24, 2.45) is 7.05 Å². The van der Waals surface area contributed by atoms with Crippen LogP contribution in [0.15, 0.2) is 24.4 Å². The normalized spacial score (nSPS) is 19.0. The van der Waals surface area contributed by atoms with Crippen molar-refractivity contribution < 1.29 is 13.9 Å². The second-order valence-electron chi connectivity index (χ2n) is 8.43. The van der Waals surface area contributed by atoms with Crippen molar-refractivity contribution >= 4 is 5.82 Å². The maximum atomic E-state index is 14.1. The Bertz CT molecular complexity index is 1240. The Labute approximate surface area is 184 Å². The van der Waals surface area contributed by atoms with Crippen molar-refractivity contribution in [1.82, 2.24) is 19.7 Å². The molecule has 3 aromatic rings. The lowest BCUT2D eigenvalue weighted by Crippen LogP contribution is -2.20. The average molecular weight is 434 g/mol. The number of fused-ring (bicyclic) bond motifs is 5. The zero-order valence-corrected chi connectivity index (χ0v) is 17.9. The van der Waals surface area contributed by atoms with Gasteiger partial charge in [-0.2, -0.15) is 10.4 Å². The number of aromatic nitrogens is 4. The number of nitrogen functional groups attached to an aromatic ring is 1. The van der Waals surface area contributed by atoms with E-state index in [4.69, 9.17) is 15.2 Å². The van der Waals surface area contributed by atoms with Gasteiger partial charge in [-0.05, 0) is 57.2 Å². The molecule has 1 atom stereocenters. The molecule has 2 aliphatic rings. The first kappa shape index (κ1) is 20.2.